The third kappa shape index (κ3) is 4.91. The summed E-state index contributed by atoms with van der Waals surface area (Å²) in [5.41, 5.74) is 1.95. The van der Waals surface area contributed by atoms with E-state index in [1.165, 1.54) is 36.7 Å². The molecule has 0 aliphatic rings. The molecular weight excluding hydrogens is 454 g/mol. The summed E-state index contributed by atoms with van der Waals surface area (Å²) >= 11 is 5.70. The molecule has 0 radical (unpaired) electrons. The fourth-order valence-corrected chi connectivity index (χ4v) is 3.50. The lowest BCUT2D eigenvalue weighted by Crippen LogP contribution is -2.14. The maximum absolute atomic E-state index is 14.7. The normalized spacial score (nSPS) is 12.2. The lowest BCUT2D eigenvalue weighted by Gasteiger charge is -2.14. The molecule has 1 atom stereocenters. The van der Waals surface area contributed by atoms with E-state index in [1.54, 1.807) is 18.2 Å². The first-order chi connectivity index (χ1) is 15.8. The Labute approximate surface area is 191 Å². The summed E-state index contributed by atoms with van der Waals surface area (Å²) < 4.78 is 33.1. The zero-order chi connectivity index (χ0) is 23.5. The van der Waals surface area contributed by atoms with Gasteiger partial charge in [-0.1, -0.05) is 29.8 Å². The van der Waals surface area contributed by atoms with E-state index in [1.807, 2.05) is 0 Å². The van der Waals surface area contributed by atoms with Gasteiger partial charge in [0, 0.05) is 6.08 Å². The average Bonchev–Trinajstić information content (AvgIpc) is 3.24. The topological polar surface area (TPSA) is 92.4 Å². The van der Waals surface area contributed by atoms with E-state index in [0.29, 0.717) is 22.2 Å². The van der Waals surface area contributed by atoms with Crippen LogP contribution in [0.25, 0.3) is 17.2 Å². The first-order valence-electron chi connectivity index (χ1n) is 9.61. The highest BCUT2D eigenvalue weighted by molar-refractivity contribution is 6.30. The minimum atomic E-state index is -1.17. The number of hydrogen-bond acceptors (Lipinski definition) is 4. The number of fused-ring (bicyclic) bond motifs is 1. The molecule has 0 spiro atoms. The SMILES string of the molecule is O=C(C=Cc1ccc(F)c(Cl)c1)Nc1ccc(C(C(=O)O)c2ccc3ocnc3c2)cc1F. The van der Waals surface area contributed by atoms with E-state index in [9.17, 15) is 23.5 Å². The number of halogens is 3. The van der Waals surface area contributed by atoms with E-state index in [0.717, 1.165) is 18.2 Å². The van der Waals surface area contributed by atoms with Crippen molar-refractivity contribution in [2.24, 2.45) is 0 Å². The fraction of sp³-hybridized carbons (Fsp3) is 0.0417. The van der Waals surface area contributed by atoms with Gasteiger partial charge in [-0.2, -0.15) is 0 Å². The molecule has 3 aromatic carbocycles. The maximum atomic E-state index is 14.7. The number of carbonyl (C=O) groups is 2. The van der Waals surface area contributed by atoms with Gasteiger partial charge >= 0.3 is 5.97 Å². The molecule has 4 rings (SSSR count). The van der Waals surface area contributed by atoms with Gasteiger partial charge in [0.25, 0.3) is 0 Å². The van der Waals surface area contributed by atoms with Gasteiger partial charge in [-0.15, -0.1) is 0 Å². The van der Waals surface area contributed by atoms with Gasteiger partial charge in [0.2, 0.25) is 5.91 Å². The highest BCUT2D eigenvalue weighted by Gasteiger charge is 2.24. The Kier molecular flexibility index (Phi) is 6.19. The number of nitrogens with one attached hydrogen (secondary N) is 1. The van der Waals surface area contributed by atoms with Crippen LogP contribution in [0.1, 0.15) is 22.6 Å². The number of carboxylic acids is 1. The first kappa shape index (κ1) is 22.2. The molecule has 0 aliphatic carbocycles. The molecule has 0 saturated heterocycles. The number of carboxylic acid groups (broad SMARTS) is 1. The molecule has 6 nitrogen and oxygen atoms in total. The van der Waals surface area contributed by atoms with Gasteiger partial charge in [-0.3, -0.25) is 9.59 Å². The molecule has 0 bridgehead atoms. The zero-order valence-electron chi connectivity index (χ0n) is 16.8. The zero-order valence-corrected chi connectivity index (χ0v) is 17.5. The number of nitrogens with zero attached hydrogens (tertiary/aromatic N) is 1. The van der Waals surface area contributed by atoms with Crippen molar-refractivity contribution in [1.82, 2.24) is 4.98 Å². The Hall–Kier alpha value is -4.04. The van der Waals surface area contributed by atoms with Crippen LogP contribution in [0.15, 0.2) is 71.5 Å². The molecule has 1 unspecified atom stereocenters. The van der Waals surface area contributed by atoms with Crippen LogP contribution in [0.4, 0.5) is 14.5 Å². The van der Waals surface area contributed by atoms with E-state index in [-0.39, 0.29) is 16.3 Å². The van der Waals surface area contributed by atoms with Crippen molar-refractivity contribution in [3.8, 4) is 0 Å². The highest BCUT2D eigenvalue weighted by atomic mass is 35.5. The van der Waals surface area contributed by atoms with Gasteiger partial charge in [-0.25, -0.2) is 13.8 Å². The lowest BCUT2D eigenvalue weighted by molar-refractivity contribution is -0.137. The van der Waals surface area contributed by atoms with Gasteiger partial charge in [0.1, 0.15) is 23.1 Å². The number of hydrogen-bond donors (Lipinski definition) is 2. The molecule has 1 aromatic heterocycles. The van der Waals surface area contributed by atoms with Gasteiger partial charge in [0.05, 0.1) is 10.7 Å². The Bertz CT molecular complexity index is 1400. The molecule has 0 aliphatic heterocycles. The summed E-state index contributed by atoms with van der Waals surface area (Å²) in [5.74, 6) is -4.33. The van der Waals surface area contributed by atoms with Crippen LogP contribution >= 0.6 is 11.6 Å². The second-order valence-corrected chi connectivity index (χ2v) is 7.49. The van der Waals surface area contributed by atoms with Crippen molar-refractivity contribution in [3.05, 3.63) is 100 Å². The third-order valence-corrected chi connectivity index (χ3v) is 5.18. The standard InChI is InChI=1S/C24H15ClF2N2O4/c25-16-9-13(1-5-17(16)26)2-8-22(30)29-19-6-3-14(10-18(19)27)23(24(31)32)15-4-7-21-20(11-15)28-12-33-21/h1-12,23H,(H,29,30)(H,31,32). The number of carbonyl (C=O) groups excluding carboxylic acids is 1. The Morgan fingerprint density at radius 3 is 2.52 bits per heavy atom. The molecule has 4 aromatic rings. The summed E-state index contributed by atoms with van der Waals surface area (Å²) in [7, 11) is 0. The van der Waals surface area contributed by atoms with Gasteiger partial charge < -0.3 is 14.8 Å². The second-order valence-electron chi connectivity index (χ2n) is 7.09. The van der Waals surface area contributed by atoms with Crippen LogP contribution in [0.2, 0.25) is 5.02 Å². The Morgan fingerprint density at radius 1 is 1.03 bits per heavy atom. The van der Waals surface area contributed by atoms with Crippen LogP contribution < -0.4 is 5.32 Å². The van der Waals surface area contributed by atoms with E-state index in [2.05, 4.69) is 10.3 Å². The quantitative estimate of drug-likeness (QED) is 0.358. The number of anilines is 1. The molecular formula is C24H15ClF2N2O4. The van der Waals surface area contributed by atoms with Crippen molar-refractivity contribution in [3.63, 3.8) is 0 Å². The first-order valence-corrected chi connectivity index (χ1v) is 9.99. The number of benzene rings is 3. The summed E-state index contributed by atoms with van der Waals surface area (Å²) in [6.07, 6.45) is 3.79. The molecule has 166 valence electrons. The number of aromatic nitrogens is 1. The summed E-state index contributed by atoms with van der Waals surface area (Å²) in [6, 6.07) is 12.5. The number of rotatable bonds is 6. The fourth-order valence-electron chi connectivity index (χ4n) is 3.31. The molecule has 33 heavy (non-hydrogen) atoms. The van der Waals surface area contributed by atoms with Crippen LogP contribution in [0, 0.1) is 11.6 Å². The second kappa shape index (κ2) is 9.22. The van der Waals surface area contributed by atoms with Gasteiger partial charge in [-0.05, 0) is 59.2 Å². The minimum Gasteiger partial charge on any atom is -0.481 e. The molecule has 1 heterocycles. The highest BCUT2D eigenvalue weighted by Crippen LogP contribution is 2.30. The Morgan fingerprint density at radius 2 is 1.79 bits per heavy atom. The number of amides is 1. The smallest absolute Gasteiger partial charge is 0.315 e. The molecule has 1 amide bonds. The van der Waals surface area contributed by atoms with Gasteiger partial charge in [0.15, 0.2) is 12.0 Å². The number of aliphatic carboxylic acids is 1. The lowest BCUT2D eigenvalue weighted by atomic mass is 9.91. The molecule has 9 heteroatoms. The average molecular weight is 469 g/mol. The van der Waals surface area contributed by atoms with Crippen LogP contribution in [-0.4, -0.2) is 22.0 Å². The van der Waals surface area contributed by atoms with E-state index >= 15 is 0 Å². The predicted molar refractivity (Wildman–Crippen MR) is 119 cm³/mol. The molecule has 0 fully saturated rings. The van der Waals surface area contributed by atoms with Crippen molar-refractivity contribution < 1.29 is 27.9 Å². The Balaban J connectivity index is 1.53. The minimum absolute atomic E-state index is 0.0881. The van der Waals surface area contributed by atoms with Crippen LogP contribution in [0.5, 0.6) is 0 Å². The van der Waals surface area contributed by atoms with Crippen molar-refractivity contribution in [2.45, 2.75) is 5.92 Å². The van der Waals surface area contributed by atoms with Crippen molar-refractivity contribution >= 4 is 46.3 Å². The monoisotopic (exact) mass is 468 g/mol. The summed E-state index contributed by atoms with van der Waals surface area (Å²) in [6.45, 7) is 0. The van der Waals surface area contributed by atoms with Crippen LogP contribution in [0.3, 0.4) is 0 Å². The molecule has 2 N–H and O–H groups in total. The van der Waals surface area contributed by atoms with Crippen molar-refractivity contribution in [1.29, 1.82) is 0 Å². The number of oxazole rings is 1. The van der Waals surface area contributed by atoms with E-state index < -0.39 is 29.4 Å². The van der Waals surface area contributed by atoms with Crippen LogP contribution in [-0.2, 0) is 9.59 Å². The summed E-state index contributed by atoms with van der Waals surface area (Å²) in [4.78, 5) is 28.1. The largest absolute Gasteiger partial charge is 0.481 e. The summed E-state index contributed by atoms with van der Waals surface area (Å²) in [5, 5.41) is 12.0. The van der Waals surface area contributed by atoms with E-state index in [4.69, 9.17) is 16.0 Å². The third-order valence-electron chi connectivity index (χ3n) is 4.89. The predicted octanol–water partition coefficient (Wildman–Crippen LogP) is 5.63. The molecule has 0 saturated carbocycles. The maximum Gasteiger partial charge on any atom is 0.315 e. The van der Waals surface area contributed by atoms with Crippen molar-refractivity contribution in [2.75, 3.05) is 5.32 Å².